The molecule has 0 saturated carbocycles. The SMILES string of the molecule is COc1ccc(CNc2cnn(C)c(=O)c2Cl)c(C(F)(F)F)c1. The summed E-state index contributed by atoms with van der Waals surface area (Å²) in [5, 5.41) is 6.33. The maximum Gasteiger partial charge on any atom is 0.416 e. The Hall–Kier alpha value is -2.22. The number of hydrogen-bond acceptors (Lipinski definition) is 4. The number of hydrogen-bond donors (Lipinski definition) is 1. The summed E-state index contributed by atoms with van der Waals surface area (Å²) >= 11 is 5.86. The molecule has 0 fully saturated rings. The highest BCUT2D eigenvalue weighted by Crippen LogP contribution is 2.34. The average molecular weight is 348 g/mol. The highest BCUT2D eigenvalue weighted by molar-refractivity contribution is 6.32. The number of methoxy groups -OCH3 is 1. The summed E-state index contributed by atoms with van der Waals surface area (Å²) in [6.45, 7) is -0.173. The van der Waals surface area contributed by atoms with Crippen LogP contribution in [0.4, 0.5) is 18.9 Å². The van der Waals surface area contributed by atoms with Crippen molar-refractivity contribution in [2.24, 2.45) is 7.05 Å². The van der Waals surface area contributed by atoms with Crippen LogP contribution in [-0.2, 0) is 19.8 Å². The summed E-state index contributed by atoms with van der Waals surface area (Å²) in [6.07, 6.45) is -3.25. The molecule has 0 unspecified atom stereocenters. The lowest BCUT2D eigenvalue weighted by molar-refractivity contribution is -0.138. The monoisotopic (exact) mass is 347 g/mol. The number of benzene rings is 1. The first kappa shape index (κ1) is 17.1. The summed E-state index contributed by atoms with van der Waals surface area (Å²) in [5.74, 6) is 0.106. The van der Waals surface area contributed by atoms with E-state index in [9.17, 15) is 18.0 Å². The molecule has 9 heteroatoms. The van der Waals surface area contributed by atoms with Gasteiger partial charge in [-0.1, -0.05) is 17.7 Å². The fraction of sp³-hybridized carbons (Fsp3) is 0.286. The van der Waals surface area contributed by atoms with E-state index in [0.717, 1.165) is 10.7 Å². The lowest BCUT2D eigenvalue weighted by atomic mass is 10.1. The van der Waals surface area contributed by atoms with Crippen molar-refractivity contribution in [3.63, 3.8) is 0 Å². The van der Waals surface area contributed by atoms with E-state index in [4.69, 9.17) is 16.3 Å². The second-order valence-corrected chi connectivity index (χ2v) is 5.05. The van der Waals surface area contributed by atoms with Gasteiger partial charge in [-0.2, -0.15) is 18.3 Å². The van der Waals surface area contributed by atoms with Crippen LogP contribution in [0, 0.1) is 0 Å². The van der Waals surface area contributed by atoms with Gasteiger partial charge in [0.2, 0.25) is 0 Å². The molecule has 0 aliphatic rings. The van der Waals surface area contributed by atoms with Crippen LogP contribution < -0.4 is 15.6 Å². The Morgan fingerprint density at radius 3 is 2.70 bits per heavy atom. The van der Waals surface area contributed by atoms with Gasteiger partial charge >= 0.3 is 6.18 Å². The van der Waals surface area contributed by atoms with Gasteiger partial charge in [-0.3, -0.25) is 4.79 Å². The molecule has 0 saturated heterocycles. The van der Waals surface area contributed by atoms with Crippen molar-refractivity contribution in [1.82, 2.24) is 9.78 Å². The Kier molecular flexibility index (Phi) is 4.84. The van der Waals surface area contributed by atoms with Crippen molar-refractivity contribution in [1.29, 1.82) is 0 Å². The molecule has 5 nitrogen and oxygen atoms in total. The van der Waals surface area contributed by atoms with Crippen molar-refractivity contribution in [3.8, 4) is 5.75 Å². The predicted octanol–water partition coefficient (Wildman–Crippen LogP) is 3.07. The van der Waals surface area contributed by atoms with Crippen LogP contribution in [0.25, 0.3) is 0 Å². The van der Waals surface area contributed by atoms with Gasteiger partial charge in [-0.05, 0) is 17.7 Å². The van der Waals surface area contributed by atoms with E-state index < -0.39 is 17.3 Å². The molecule has 1 heterocycles. The van der Waals surface area contributed by atoms with Gasteiger partial charge < -0.3 is 10.1 Å². The second kappa shape index (κ2) is 6.49. The fourth-order valence-corrected chi connectivity index (χ4v) is 2.16. The van der Waals surface area contributed by atoms with Crippen molar-refractivity contribution in [2.75, 3.05) is 12.4 Å². The zero-order valence-corrected chi connectivity index (χ0v) is 13.0. The number of alkyl halides is 3. The molecule has 1 aromatic carbocycles. The molecule has 0 aliphatic carbocycles. The van der Waals surface area contributed by atoms with Crippen LogP contribution >= 0.6 is 11.6 Å². The number of nitrogens with one attached hydrogen (secondary N) is 1. The van der Waals surface area contributed by atoms with Crippen LogP contribution in [0.3, 0.4) is 0 Å². The molecule has 0 aliphatic heterocycles. The Morgan fingerprint density at radius 2 is 2.09 bits per heavy atom. The normalized spacial score (nSPS) is 11.4. The number of halogens is 4. The maximum absolute atomic E-state index is 13.1. The lowest BCUT2D eigenvalue weighted by Gasteiger charge is -2.15. The van der Waals surface area contributed by atoms with Gasteiger partial charge in [-0.15, -0.1) is 0 Å². The number of aromatic nitrogens is 2. The molecule has 0 radical (unpaired) electrons. The number of anilines is 1. The van der Waals surface area contributed by atoms with E-state index in [-0.39, 0.29) is 28.6 Å². The highest BCUT2D eigenvalue weighted by Gasteiger charge is 2.33. The fourth-order valence-electron chi connectivity index (χ4n) is 1.92. The first-order chi connectivity index (χ1) is 10.7. The zero-order valence-electron chi connectivity index (χ0n) is 12.2. The zero-order chi connectivity index (χ0) is 17.2. The molecule has 0 bridgehead atoms. The third kappa shape index (κ3) is 3.76. The minimum atomic E-state index is -4.53. The number of aryl methyl sites for hydroxylation is 1. The molecule has 2 aromatic rings. The van der Waals surface area contributed by atoms with Gasteiger partial charge in [-0.25, -0.2) is 4.68 Å². The van der Waals surface area contributed by atoms with Crippen molar-refractivity contribution in [2.45, 2.75) is 12.7 Å². The molecule has 2 rings (SSSR count). The quantitative estimate of drug-likeness (QED) is 0.923. The third-order valence-corrected chi connectivity index (χ3v) is 3.54. The Labute approximate surface area is 134 Å². The lowest BCUT2D eigenvalue weighted by Crippen LogP contribution is -2.21. The van der Waals surface area contributed by atoms with Crippen LogP contribution in [0.1, 0.15) is 11.1 Å². The highest BCUT2D eigenvalue weighted by atomic mass is 35.5. The number of nitrogens with zero attached hydrogens (tertiary/aromatic N) is 2. The minimum absolute atomic E-state index is 0.00459. The summed E-state index contributed by atoms with van der Waals surface area (Å²) in [4.78, 5) is 11.6. The standard InChI is InChI=1S/C14H13ClF3N3O2/c1-21-13(22)12(15)11(7-20-21)19-6-8-3-4-9(23-2)5-10(8)14(16,17)18/h3-5,7,19H,6H2,1-2H3. The van der Waals surface area contributed by atoms with Crippen LogP contribution in [0.15, 0.2) is 29.2 Å². The van der Waals surface area contributed by atoms with Gasteiger partial charge in [0.15, 0.2) is 0 Å². The van der Waals surface area contributed by atoms with Crippen LogP contribution in [-0.4, -0.2) is 16.9 Å². The Morgan fingerprint density at radius 1 is 1.39 bits per heavy atom. The minimum Gasteiger partial charge on any atom is -0.497 e. The summed E-state index contributed by atoms with van der Waals surface area (Å²) in [6, 6.07) is 3.65. The van der Waals surface area contributed by atoms with Gasteiger partial charge in [0, 0.05) is 13.6 Å². The number of rotatable bonds is 4. The predicted molar refractivity (Wildman–Crippen MR) is 79.8 cm³/mol. The molecule has 1 aromatic heterocycles. The molecule has 23 heavy (non-hydrogen) atoms. The molecular formula is C14H13ClF3N3O2. The van der Waals surface area contributed by atoms with E-state index in [1.807, 2.05) is 0 Å². The number of ether oxygens (including phenoxy) is 1. The van der Waals surface area contributed by atoms with Gasteiger partial charge in [0.05, 0.1) is 24.6 Å². The van der Waals surface area contributed by atoms with Crippen LogP contribution in [0.2, 0.25) is 5.02 Å². The molecule has 0 atom stereocenters. The van der Waals surface area contributed by atoms with Crippen LogP contribution in [0.5, 0.6) is 5.75 Å². The first-order valence-corrected chi connectivity index (χ1v) is 6.81. The smallest absolute Gasteiger partial charge is 0.416 e. The summed E-state index contributed by atoms with van der Waals surface area (Å²) < 4.78 is 45.2. The Bertz CT molecular complexity index is 775. The molecule has 0 spiro atoms. The molecular weight excluding hydrogens is 335 g/mol. The van der Waals surface area contributed by atoms with E-state index in [1.54, 1.807) is 0 Å². The van der Waals surface area contributed by atoms with E-state index in [1.165, 1.54) is 32.5 Å². The first-order valence-electron chi connectivity index (χ1n) is 6.44. The summed E-state index contributed by atoms with van der Waals surface area (Å²) in [7, 11) is 2.71. The summed E-state index contributed by atoms with van der Waals surface area (Å²) in [5.41, 5.74) is -1.20. The average Bonchev–Trinajstić information content (AvgIpc) is 2.51. The van der Waals surface area contributed by atoms with Crippen molar-refractivity contribution >= 4 is 17.3 Å². The van der Waals surface area contributed by atoms with Crippen molar-refractivity contribution in [3.05, 3.63) is 50.9 Å². The van der Waals surface area contributed by atoms with E-state index in [0.29, 0.717) is 0 Å². The second-order valence-electron chi connectivity index (χ2n) is 4.68. The molecule has 1 N–H and O–H groups in total. The molecule has 124 valence electrons. The topological polar surface area (TPSA) is 56.1 Å². The van der Waals surface area contributed by atoms with Crippen molar-refractivity contribution < 1.29 is 17.9 Å². The van der Waals surface area contributed by atoms with E-state index >= 15 is 0 Å². The largest absolute Gasteiger partial charge is 0.497 e. The van der Waals surface area contributed by atoms with Gasteiger partial charge in [0.1, 0.15) is 10.8 Å². The Balaban J connectivity index is 2.31. The van der Waals surface area contributed by atoms with Gasteiger partial charge in [0.25, 0.3) is 5.56 Å². The maximum atomic E-state index is 13.1. The van der Waals surface area contributed by atoms with E-state index in [2.05, 4.69) is 10.4 Å². The third-order valence-electron chi connectivity index (χ3n) is 3.17. The molecule has 0 amide bonds.